The van der Waals surface area contributed by atoms with E-state index in [0.717, 1.165) is 16.5 Å². The van der Waals surface area contributed by atoms with Gasteiger partial charge in [0.25, 0.3) is 0 Å². The Morgan fingerprint density at radius 2 is 1.88 bits per heavy atom. The maximum absolute atomic E-state index is 12.4. The second-order valence-electron chi connectivity index (χ2n) is 5.60. The highest BCUT2D eigenvalue weighted by atomic mass is 16.5. The summed E-state index contributed by atoms with van der Waals surface area (Å²) in [5.74, 6) is -0.367. The van der Waals surface area contributed by atoms with Gasteiger partial charge in [-0.05, 0) is 30.7 Å². The Hall–Kier alpha value is -2.85. The summed E-state index contributed by atoms with van der Waals surface area (Å²) in [6.07, 6.45) is 1.22. The number of hydrogen-bond donors (Lipinski definition) is 0. The van der Waals surface area contributed by atoms with Crippen molar-refractivity contribution in [3.05, 3.63) is 84.6 Å². The molecule has 0 aliphatic carbocycles. The molecule has 1 atom stereocenters. The van der Waals surface area contributed by atoms with Crippen LogP contribution in [0.2, 0.25) is 0 Å². The molecule has 0 aliphatic rings. The molecule has 0 spiro atoms. The summed E-state index contributed by atoms with van der Waals surface area (Å²) in [5, 5.41) is 0.959. The third-order valence-corrected chi connectivity index (χ3v) is 3.95. The lowest BCUT2D eigenvalue weighted by molar-refractivity contribution is 0.0221. The molecular formula is C21H21NO3. The standard InChI is InChI=1S/C21H21NO3/c1-3-20(25-15-16-10-6-5-7-11-16)22-18-13-9-8-12-17(18)14-19(22)21(23)24-4-2/h3,5-14,20H,1,4,15H2,2H3. The topological polar surface area (TPSA) is 40.5 Å². The van der Waals surface area contributed by atoms with Crippen LogP contribution >= 0.6 is 0 Å². The van der Waals surface area contributed by atoms with Gasteiger partial charge in [-0.1, -0.05) is 55.1 Å². The third-order valence-electron chi connectivity index (χ3n) is 3.95. The molecule has 0 amide bonds. The smallest absolute Gasteiger partial charge is 0.355 e. The molecule has 0 saturated heterocycles. The summed E-state index contributed by atoms with van der Waals surface area (Å²) >= 11 is 0. The molecule has 3 aromatic rings. The van der Waals surface area contributed by atoms with Gasteiger partial charge in [0.15, 0.2) is 6.23 Å². The first-order valence-corrected chi connectivity index (χ1v) is 8.29. The van der Waals surface area contributed by atoms with Crippen LogP contribution in [-0.4, -0.2) is 17.1 Å². The number of para-hydroxylation sites is 1. The summed E-state index contributed by atoms with van der Waals surface area (Å²) in [7, 11) is 0. The number of rotatable bonds is 7. The molecule has 0 aliphatic heterocycles. The van der Waals surface area contributed by atoms with Crippen molar-refractivity contribution in [1.82, 2.24) is 4.57 Å². The first-order valence-electron chi connectivity index (χ1n) is 8.29. The van der Waals surface area contributed by atoms with E-state index in [1.165, 1.54) is 0 Å². The van der Waals surface area contributed by atoms with Crippen LogP contribution in [0.1, 0.15) is 29.2 Å². The molecule has 2 aromatic carbocycles. The predicted molar refractivity (Wildman–Crippen MR) is 98.4 cm³/mol. The van der Waals surface area contributed by atoms with Gasteiger partial charge in [-0.25, -0.2) is 4.79 Å². The number of carbonyl (C=O) groups excluding carboxylic acids is 1. The number of hydrogen-bond acceptors (Lipinski definition) is 3. The zero-order valence-electron chi connectivity index (χ0n) is 14.2. The Kier molecular flexibility index (Phi) is 5.31. The Balaban J connectivity index is 1.97. The predicted octanol–water partition coefficient (Wildman–Crippen LogP) is 4.72. The normalized spacial score (nSPS) is 12.0. The third kappa shape index (κ3) is 3.64. The Labute approximate surface area is 147 Å². The summed E-state index contributed by atoms with van der Waals surface area (Å²) < 4.78 is 13.1. The van der Waals surface area contributed by atoms with Crippen molar-refractivity contribution in [3.63, 3.8) is 0 Å². The second-order valence-corrected chi connectivity index (χ2v) is 5.60. The number of ether oxygens (including phenoxy) is 2. The first kappa shape index (κ1) is 17.0. The van der Waals surface area contributed by atoms with Crippen LogP contribution in [0.15, 0.2) is 73.3 Å². The van der Waals surface area contributed by atoms with Crippen LogP contribution in [0.25, 0.3) is 10.9 Å². The van der Waals surface area contributed by atoms with E-state index in [4.69, 9.17) is 9.47 Å². The van der Waals surface area contributed by atoms with Crippen molar-refractivity contribution in [2.24, 2.45) is 0 Å². The average Bonchev–Trinajstić information content (AvgIpc) is 3.03. The van der Waals surface area contributed by atoms with Crippen LogP contribution in [-0.2, 0) is 16.1 Å². The molecule has 3 rings (SSSR count). The quantitative estimate of drug-likeness (QED) is 0.463. The molecule has 128 valence electrons. The molecular weight excluding hydrogens is 314 g/mol. The van der Waals surface area contributed by atoms with Gasteiger partial charge in [-0.15, -0.1) is 0 Å². The number of benzene rings is 2. The van der Waals surface area contributed by atoms with Crippen LogP contribution < -0.4 is 0 Å². The maximum atomic E-state index is 12.4. The van der Waals surface area contributed by atoms with E-state index >= 15 is 0 Å². The molecule has 4 nitrogen and oxygen atoms in total. The maximum Gasteiger partial charge on any atom is 0.355 e. The minimum Gasteiger partial charge on any atom is -0.461 e. The molecule has 1 heterocycles. The van der Waals surface area contributed by atoms with Crippen LogP contribution in [0.4, 0.5) is 0 Å². The van der Waals surface area contributed by atoms with Gasteiger partial charge in [0.1, 0.15) is 5.69 Å². The van der Waals surface area contributed by atoms with Crippen molar-refractivity contribution in [2.45, 2.75) is 19.8 Å². The lowest BCUT2D eigenvalue weighted by Crippen LogP contribution is -2.18. The fourth-order valence-electron chi connectivity index (χ4n) is 2.82. The summed E-state index contributed by atoms with van der Waals surface area (Å²) in [6, 6.07) is 19.5. The van der Waals surface area contributed by atoms with E-state index in [2.05, 4.69) is 6.58 Å². The largest absolute Gasteiger partial charge is 0.461 e. The lowest BCUT2D eigenvalue weighted by atomic mass is 10.2. The Bertz CT molecular complexity index is 867. The van der Waals surface area contributed by atoms with Crippen molar-refractivity contribution in [2.75, 3.05) is 6.61 Å². The van der Waals surface area contributed by atoms with E-state index in [0.29, 0.717) is 18.9 Å². The number of carbonyl (C=O) groups is 1. The SMILES string of the molecule is C=CC(OCc1ccccc1)n1c(C(=O)OCC)cc2ccccc21. The number of fused-ring (bicyclic) bond motifs is 1. The highest BCUT2D eigenvalue weighted by Crippen LogP contribution is 2.27. The van der Waals surface area contributed by atoms with E-state index in [1.807, 2.05) is 65.2 Å². The van der Waals surface area contributed by atoms with Gasteiger partial charge in [-0.2, -0.15) is 0 Å². The fourth-order valence-corrected chi connectivity index (χ4v) is 2.82. The Morgan fingerprint density at radius 1 is 1.16 bits per heavy atom. The summed E-state index contributed by atoms with van der Waals surface area (Å²) in [6.45, 7) is 6.42. The molecule has 25 heavy (non-hydrogen) atoms. The van der Waals surface area contributed by atoms with E-state index in [-0.39, 0.29) is 5.97 Å². The van der Waals surface area contributed by atoms with Gasteiger partial charge < -0.3 is 14.0 Å². The molecule has 0 saturated carbocycles. The summed E-state index contributed by atoms with van der Waals surface area (Å²) in [5.41, 5.74) is 2.42. The zero-order chi connectivity index (χ0) is 17.6. The second kappa shape index (κ2) is 7.81. The van der Waals surface area contributed by atoms with Crippen molar-refractivity contribution >= 4 is 16.9 Å². The van der Waals surface area contributed by atoms with Crippen LogP contribution in [0.5, 0.6) is 0 Å². The molecule has 0 bridgehead atoms. The Morgan fingerprint density at radius 3 is 2.60 bits per heavy atom. The first-order chi connectivity index (χ1) is 12.2. The van der Waals surface area contributed by atoms with Crippen LogP contribution in [0, 0.1) is 0 Å². The average molecular weight is 335 g/mol. The minimum absolute atomic E-state index is 0.323. The van der Waals surface area contributed by atoms with Gasteiger partial charge in [-0.3, -0.25) is 0 Å². The van der Waals surface area contributed by atoms with Crippen LogP contribution in [0.3, 0.4) is 0 Å². The van der Waals surface area contributed by atoms with Crippen molar-refractivity contribution in [3.8, 4) is 0 Å². The molecule has 1 aromatic heterocycles. The number of nitrogens with zero attached hydrogens (tertiary/aromatic N) is 1. The van der Waals surface area contributed by atoms with E-state index < -0.39 is 6.23 Å². The highest BCUT2D eigenvalue weighted by Gasteiger charge is 2.21. The van der Waals surface area contributed by atoms with Gasteiger partial charge in [0, 0.05) is 5.39 Å². The molecule has 1 unspecified atom stereocenters. The lowest BCUT2D eigenvalue weighted by Gasteiger charge is -2.20. The number of aromatic nitrogens is 1. The minimum atomic E-state index is -0.473. The molecule has 0 N–H and O–H groups in total. The van der Waals surface area contributed by atoms with E-state index in [9.17, 15) is 4.79 Å². The highest BCUT2D eigenvalue weighted by molar-refractivity contribution is 5.95. The van der Waals surface area contributed by atoms with Crippen molar-refractivity contribution in [1.29, 1.82) is 0 Å². The monoisotopic (exact) mass is 335 g/mol. The zero-order valence-corrected chi connectivity index (χ0v) is 14.2. The summed E-state index contributed by atoms with van der Waals surface area (Å²) in [4.78, 5) is 12.4. The molecule has 4 heteroatoms. The van der Waals surface area contributed by atoms with Crippen molar-refractivity contribution < 1.29 is 14.3 Å². The fraction of sp³-hybridized carbons (Fsp3) is 0.190. The van der Waals surface area contributed by atoms with Gasteiger partial charge in [0.05, 0.1) is 18.7 Å². The number of esters is 1. The molecule has 0 fully saturated rings. The molecule has 0 radical (unpaired) electrons. The van der Waals surface area contributed by atoms with E-state index in [1.54, 1.807) is 13.0 Å². The van der Waals surface area contributed by atoms with Gasteiger partial charge in [0.2, 0.25) is 0 Å². The van der Waals surface area contributed by atoms with Gasteiger partial charge >= 0.3 is 5.97 Å².